The van der Waals surface area contributed by atoms with Crippen LogP contribution in [0.5, 0.6) is 0 Å². The van der Waals surface area contributed by atoms with Crippen LogP contribution >= 0.6 is 11.6 Å². The van der Waals surface area contributed by atoms with Crippen LogP contribution in [0.4, 0.5) is 5.82 Å². The van der Waals surface area contributed by atoms with Crippen molar-refractivity contribution in [2.75, 3.05) is 5.73 Å². The fourth-order valence-electron chi connectivity index (χ4n) is 0.951. The third-order valence-electron chi connectivity index (χ3n) is 1.49. The molecule has 1 aromatic heterocycles. The van der Waals surface area contributed by atoms with Crippen LogP contribution in [-0.4, -0.2) is 9.97 Å². The van der Waals surface area contributed by atoms with Gasteiger partial charge in [-0.2, -0.15) is 0 Å². The topological polar surface area (TPSA) is 51.8 Å². The third kappa shape index (κ3) is 2.08. The maximum absolute atomic E-state index is 5.89. The van der Waals surface area contributed by atoms with E-state index in [0.717, 1.165) is 12.1 Å². The van der Waals surface area contributed by atoms with E-state index in [4.69, 9.17) is 17.3 Å². The molecule has 0 aliphatic rings. The molecule has 2 N–H and O–H groups in total. The average Bonchev–Trinajstić information content (AvgIpc) is 1.98. The predicted octanol–water partition coefficient (Wildman–Crippen LogP) is 1.91. The summed E-state index contributed by atoms with van der Waals surface area (Å²) in [7, 11) is 0. The van der Waals surface area contributed by atoms with Gasteiger partial charge in [0.05, 0.1) is 5.69 Å². The number of halogens is 1. The zero-order valence-corrected chi connectivity index (χ0v) is 7.97. The SMILES string of the molecule is CC(C)Cc1ncnc(N)c1Cl. The van der Waals surface area contributed by atoms with Crippen LogP contribution < -0.4 is 5.73 Å². The van der Waals surface area contributed by atoms with Gasteiger partial charge >= 0.3 is 0 Å². The van der Waals surface area contributed by atoms with E-state index in [9.17, 15) is 0 Å². The zero-order valence-electron chi connectivity index (χ0n) is 7.21. The average molecular weight is 186 g/mol. The Kier molecular flexibility index (Phi) is 2.87. The highest BCUT2D eigenvalue weighted by Gasteiger charge is 2.07. The first kappa shape index (κ1) is 9.26. The molecule has 1 rings (SSSR count). The molecule has 0 radical (unpaired) electrons. The molecule has 0 amide bonds. The van der Waals surface area contributed by atoms with Crippen molar-refractivity contribution in [3.05, 3.63) is 17.0 Å². The third-order valence-corrected chi connectivity index (χ3v) is 1.90. The molecule has 0 saturated carbocycles. The molecule has 0 saturated heterocycles. The van der Waals surface area contributed by atoms with Crippen molar-refractivity contribution >= 4 is 17.4 Å². The second-order valence-electron chi connectivity index (χ2n) is 3.12. The number of hydrogen-bond acceptors (Lipinski definition) is 3. The minimum atomic E-state index is 0.363. The van der Waals surface area contributed by atoms with Crippen molar-refractivity contribution in [2.24, 2.45) is 5.92 Å². The maximum Gasteiger partial charge on any atom is 0.145 e. The first-order valence-corrected chi connectivity index (χ1v) is 4.24. The highest BCUT2D eigenvalue weighted by Crippen LogP contribution is 2.20. The monoisotopic (exact) mass is 185 g/mol. The van der Waals surface area contributed by atoms with Crippen LogP contribution in [-0.2, 0) is 6.42 Å². The lowest BCUT2D eigenvalue weighted by Crippen LogP contribution is -2.02. The minimum Gasteiger partial charge on any atom is -0.382 e. The molecule has 0 aromatic carbocycles. The van der Waals surface area contributed by atoms with E-state index < -0.39 is 0 Å². The lowest BCUT2D eigenvalue weighted by Gasteiger charge is -2.06. The first-order chi connectivity index (χ1) is 5.61. The molecule has 1 aromatic rings. The summed E-state index contributed by atoms with van der Waals surface area (Å²) >= 11 is 5.89. The molecular weight excluding hydrogens is 174 g/mol. The van der Waals surface area contributed by atoms with Crippen molar-refractivity contribution in [1.29, 1.82) is 0 Å². The Morgan fingerprint density at radius 1 is 1.50 bits per heavy atom. The summed E-state index contributed by atoms with van der Waals surface area (Å²) in [6.45, 7) is 4.21. The maximum atomic E-state index is 5.89. The van der Waals surface area contributed by atoms with Gasteiger partial charge in [-0.25, -0.2) is 9.97 Å². The van der Waals surface area contributed by atoms with Gasteiger partial charge in [-0.15, -0.1) is 0 Å². The number of aromatic nitrogens is 2. The quantitative estimate of drug-likeness (QED) is 0.766. The molecule has 0 bridgehead atoms. The normalized spacial score (nSPS) is 10.7. The van der Waals surface area contributed by atoms with Gasteiger partial charge in [0.25, 0.3) is 0 Å². The van der Waals surface area contributed by atoms with Gasteiger partial charge in [0, 0.05) is 0 Å². The highest BCUT2D eigenvalue weighted by molar-refractivity contribution is 6.33. The summed E-state index contributed by atoms with van der Waals surface area (Å²) in [6, 6.07) is 0. The number of rotatable bonds is 2. The van der Waals surface area contributed by atoms with Gasteiger partial charge in [0.1, 0.15) is 17.2 Å². The van der Waals surface area contributed by atoms with E-state index in [1.807, 2.05) is 0 Å². The lowest BCUT2D eigenvalue weighted by atomic mass is 10.1. The molecule has 12 heavy (non-hydrogen) atoms. The Labute approximate surface area is 77.0 Å². The Morgan fingerprint density at radius 2 is 2.17 bits per heavy atom. The molecule has 1 heterocycles. The van der Waals surface area contributed by atoms with Crippen molar-refractivity contribution in [3.8, 4) is 0 Å². The fraction of sp³-hybridized carbons (Fsp3) is 0.500. The van der Waals surface area contributed by atoms with Gasteiger partial charge in [0.15, 0.2) is 0 Å². The lowest BCUT2D eigenvalue weighted by molar-refractivity contribution is 0.634. The number of nitrogens with two attached hydrogens (primary N) is 1. The number of hydrogen-bond donors (Lipinski definition) is 1. The minimum absolute atomic E-state index is 0.363. The molecule has 0 fully saturated rings. The zero-order chi connectivity index (χ0) is 9.14. The van der Waals surface area contributed by atoms with Crippen LogP contribution in [0.3, 0.4) is 0 Å². The van der Waals surface area contributed by atoms with Crippen molar-refractivity contribution in [2.45, 2.75) is 20.3 Å². The summed E-state index contributed by atoms with van der Waals surface area (Å²) < 4.78 is 0. The molecular formula is C8H12ClN3. The van der Waals surface area contributed by atoms with Crippen molar-refractivity contribution in [1.82, 2.24) is 9.97 Å². The molecule has 0 atom stereocenters. The van der Waals surface area contributed by atoms with E-state index in [2.05, 4.69) is 23.8 Å². The summed E-state index contributed by atoms with van der Waals surface area (Å²) in [4.78, 5) is 7.84. The Morgan fingerprint density at radius 3 is 2.75 bits per heavy atom. The van der Waals surface area contributed by atoms with Crippen LogP contribution in [0.1, 0.15) is 19.5 Å². The first-order valence-electron chi connectivity index (χ1n) is 3.86. The van der Waals surface area contributed by atoms with Crippen molar-refractivity contribution < 1.29 is 0 Å². The molecule has 4 heteroatoms. The molecule has 3 nitrogen and oxygen atoms in total. The van der Waals surface area contributed by atoms with Crippen LogP contribution in [0, 0.1) is 5.92 Å². The highest BCUT2D eigenvalue weighted by atomic mass is 35.5. The van der Waals surface area contributed by atoms with Crippen LogP contribution in [0.15, 0.2) is 6.33 Å². The van der Waals surface area contributed by atoms with Gasteiger partial charge in [-0.1, -0.05) is 25.4 Å². The van der Waals surface area contributed by atoms with Gasteiger partial charge in [0.2, 0.25) is 0 Å². The molecule has 0 aliphatic carbocycles. The fourth-order valence-corrected chi connectivity index (χ4v) is 1.13. The smallest absolute Gasteiger partial charge is 0.145 e. The van der Waals surface area contributed by atoms with E-state index in [1.165, 1.54) is 6.33 Å². The number of anilines is 1. The molecule has 0 aliphatic heterocycles. The molecule has 66 valence electrons. The van der Waals surface area contributed by atoms with E-state index >= 15 is 0 Å². The summed E-state index contributed by atoms with van der Waals surface area (Å²) in [6.07, 6.45) is 2.28. The van der Waals surface area contributed by atoms with E-state index in [1.54, 1.807) is 0 Å². The predicted molar refractivity (Wildman–Crippen MR) is 50.0 cm³/mol. The van der Waals surface area contributed by atoms with Crippen LogP contribution in [0.2, 0.25) is 5.02 Å². The van der Waals surface area contributed by atoms with Crippen molar-refractivity contribution in [3.63, 3.8) is 0 Å². The second-order valence-corrected chi connectivity index (χ2v) is 3.50. The molecule has 0 unspecified atom stereocenters. The number of nitrogen functional groups attached to an aromatic ring is 1. The van der Waals surface area contributed by atoms with Gasteiger partial charge < -0.3 is 5.73 Å². The van der Waals surface area contributed by atoms with Gasteiger partial charge in [-0.3, -0.25) is 0 Å². The van der Waals surface area contributed by atoms with E-state index in [-0.39, 0.29) is 0 Å². The number of nitrogens with zero attached hydrogens (tertiary/aromatic N) is 2. The Hall–Kier alpha value is -0.830. The molecule has 0 spiro atoms. The van der Waals surface area contributed by atoms with Crippen LogP contribution in [0.25, 0.3) is 0 Å². The summed E-state index contributed by atoms with van der Waals surface area (Å²) in [5.41, 5.74) is 6.35. The van der Waals surface area contributed by atoms with Gasteiger partial charge in [-0.05, 0) is 12.3 Å². The summed E-state index contributed by atoms with van der Waals surface area (Å²) in [5.74, 6) is 0.888. The second kappa shape index (κ2) is 3.72. The van der Waals surface area contributed by atoms with E-state index in [0.29, 0.717) is 16.8 Å². The largest absolute Gasteiger partial charge is 0.382 e. The summed E-state index contributed by atoms with van der Waals surface area (Å²) in [5, 5.41) is 0.492. The Balaban J connectivity index is 2.92. The standard InChI is InChI=1S/C8H12ClN3/c1-5(2)3-6-7(9)8(10)12-4-11-6/h4-5H,3H2,1-2H3,(H2,10,11,12). The Bertz CT molecular complexity index is 273.